The molecule has 1 saturated carbocycles. The highest BCUT2D eigenvalue weighted by Gasteiger charge is 2.65. The Morgan fingerprint density at radius 1 is 0.959 bits per heavy atom. The molecule has 2 aliphatic heterocycles. The van der Waals surface area contributed by atoms with Gasteiger partial charge in [-0.15, -0.1) is 0 Å². The smallest absolute Gasteiger partial charge is 0.490 e. The Morgan fingerprint density at radius 3 is 2.18 bits per heavy atom. The summed E-state index contributed by atoms with van der Waals surface area (Å²) >= 11 is 0. The van der Waals surface area contributed by atoms with E-state index in [0.29, 0.717) is 0 Å². The third-order valence-electron chi connectivity index (χ3n) is 8.26. The summed E-state index contributed by atoms with van der Waals surface area (Å²) in [7, 11) is 1.65. The maximum absolute atomic E-state index is 13.0. The van der Waals surface area contributed by atoms with Crippen molar-refractivity contribution in [3.8, 4) is 17.0 Å². The quantitative estimate of drug-likeness (QED) is 0.189. The third-order valence-corrected chi connectivity index (χ3v) is 8.26. The van der Waals surface area contributed by atoms with E-state index in [1.54, 1.807) is 7.11 Å². The molecule has 1 spiro atoms. The van der Waals surface area contributed by atoms with Crippen LogP contribution in [0, 0.1) is 0 Å². The van der Waals surface area contributed by atoms with Crippen molar-refractivity contribution in [2.75, 3.05) is 43.5 Å². The Balaban J connectivity index is 0.000000284. The zero-order chi connectivity index (χ0) is 35.7. The number of carbonyl (C=O) groups is 3. The van der Waals surface area contributed by atoms with Crippen molar-refractivity contribution in [3.63, 3.8) is 0 Å². The molecule has 3 aliphatic rings. The maximum atomic E-state index is 13.0. The van der Waals surface area contributed by atoms with E-state index in [0.717, 1.165) is 83.1 Å². The van der Waals surface area contributed by atoms with Crippen molar-refractivity contribution in [2.24, 2.45) is 0 Å². The Bertz CT molecular complexity index is 1850. The van der Waals surface area contributed by atoms with Gasteiger partial charge < -0.3 is 30.5 Å². The predicted molar refractivity (Wildman–Crippen MR) is 162 cm³/mol. The van der Waals surface area contributed by atoms with Gasteiger partial charge in [0.25, 0.3) is 0 Å². The van der Waals surface area contributed by atoms with Gasteiger partial charge in [-0.3, -0.25) is 9.89 Å². The SMILES string of the molecule is COc1ccc2c(c1)[C@]1(C[C@H]1c1ccc3c(-c4ccc(N5CCNCC5)nc4)n[nH]c3c1)C(=O)N2.O=C(O)C(F)(F)F.O=C(O)C(F)(F)F. The molecule has 7 rings (SSSR count). The average molecular weight is 695 g/mol. The Kier molecular flexibility index (Phi) is 9.45. The number of aromatic nitrogens is 3. The lowest BCUT2D eigenvalue weighted by Crippen LogP contribution is -2.43. The number of fused-ring (bicyclic) bond motifs is 3. The number of methoxy groups -OCH3 is 1. The first-order chi connectivity index (χ1) is 23.1. The van der Waals surface area contributed by atoms with Gasteiger partial charge in [0.2, 0.25) is 5.91 Å². The molecule has 2 aromatic heterocycles. The molecule has 4 heterocycles. The summed E-state index contributed by atoms with van der Waals surface area (Å²) in [6.07, 6.45) is -7.47. The number of piperazine rings is 1. The molecular formula is C31H28F6N6O6. The second-order valence-electron chi connectivity index (χ2n) is 11.2. The highest BCUT2D eigenvalue weighted by Crippen LogP contribution is 2.65. The van der Waals surface area contributed by atoms with Crippen molar-refractivity contribution in [3.05, 3.63) is 65.9 Å². The van der Waals surface area contributed by atoms with Gasteiger partial charge >= 0.3 is 24.3 Å². The second kappa shape index (κ2) is 13.3. The number of ether oxygens (including phenoxy) is 1. The van der Waals surface area contributed by atoms with Crippen molar-refractivity contribution >= 4 is 40.3 Å². The number of halogens is 6. The second-order valence-corrected chi connectivity index (χ2v) is 11.2. The van der Waals surface area contributed by atoms with Crippen LogP contribution in [0.15, 0.2) is 54.7 Å². The van der Waals surface area contributed by atoms with Crippen LogP contribution in [0.1, 0.15) is 23.5 Å². The van der Waals surface area contributed by atoms with Gasteiger partial charge in [-0.1, -0.05) is 12.1 Å². The number of amides is 1. The standard InChI is InChI=1S/C27H26N6O2.2C2HF3O2/c1-35-18-4-6-22-20(13-18)27(26(34)30-22)14-21(27)16-2-5-19-23(12-16)31-32-25(19)17-3-7-24(29-15-17)33-10-8-28-9-11-33;2*3-2(4,5)1(6)7/h2-7,12-13,15,21,28H,8-11,14H2,1H3,(H,30,34)(H,31,32);2*(H,6,7)/t21-,27-;;/m0../s1. The number of rotatable bonds is 4. The van der Waals surface area contributed by atoms with Crippen LogP contribution in [0.25, 0.3) is 22.2 Å². The van der Waals surface area contributed by atoms with Crippen LogP contribution in [0.5, 0.6) is 5.75 Å². The average Bonchev–Trinajstić information content (AvgIpc) is 3.59. The minimum Gasteiger partial charge on any atom is -0.497 e. The summed E-state index contributed by atoms with van der Waals surface area (Å²) in [6.45, 7) is 3.91. The molecule has 4 aromatic rings. The van der Waals surface area contributed by atoms with Crippen LogP contribution in [0.4, 0.5) is 37.8 Å². The monoisotopic (exact) mass is 694 g/mol. The van der Waals surface area contributed by atoms with E-state index >= 15 is 0 Å². The molecule has 2 atom stereocenters. The van der Waals surface area contributed by atoms with Crippen molar-refractivity contribution in [1.82, 2.24) is 20.5 Å². The van der Waals surface area contributed by atoms with Gasteiger partial charge in [0.15, 0.2) is 0 Å². The molecule has 1 saturated heterocycles. The van der Waals surface area contributed by atoms with E-state index < -0.39 is 29.7 Å². The number of carboxylic acid groups (broad SMARTS) is 2. The topological polar surface area (TPSA) is 170 Å². The summed E-state index contributed by atoms with van der Waals surface area (Å²) < 4.78 is 68.9. The van der Waals surface area contributed by atoms with Crippen molar-refractivity contribution < 1.29 is 55.7 Å². The number of anilines is 2. The summed E-state index contributed by atoms with van der Waals surface area (Å²) in [5.74, 6) is -3.53. The number of aromatic amines is 1. The fraction of sp³-hybridized carbons (Fsp3) is 0.323. The first-order valence-corrected chi connectivity index (χ1v) is 14.6. The number of carboxylic acids is 2. The van der Waals surface area contributed by atoms with Crippen LogP contribution in [-0.2, 0) is 19.8 Å². The molecule has 1 amide bonds. The number of carbonyl (C=O) groups excluding carboxylic acids is 1. The normalized spacial score (nSPS) is 19.6. The zero-order valence-electron chi connectivity index (χ0n) is 25.4. The third kappa shape index (κ3) is 7.23. The predicted octanol–water partition coefficient (Wildman–Crippen LogP) is 4.69. The molecule has 5 N–H and O–H groups in total. The van der Waals surface area contributed by atoms with Gasteiger partial charge in [0.1, 0.15) is 17.3 Å². The highest BCUT2D eigenvalue weighted by molar-refractivity contribution is 6.10. The number of alkyl halides is 6. The van der Waals surface area contributed by atoms with E-state index in [1.807, 2.05) is 24.4 Å². The van der Waals surface area contributed by atoms with Gasteiger partial charge in [0, 0.05) is 54.9 Å². The van der Waals surface area contributed by atoms with Crippen LogP contribution in [0.3, 0.4) is 0 Å². The first-order valence-electron chi connectivity index (χ1n) is 14.6. The number of pyridine rings is 1. The van der Waals surface area contributed by atoms with Gasteiger partial charge in [-0.25, -0.2) is 14.6 Å². The minimum atomic E-state index is -5.08. The van der Waals surface area contributed by atoms with Crippen LogP contribution >= 0.6 is 0 Å². The van der Waals surface area contributed by atoms with E-state index in [1.165, 1.54) is 0 Å². The number of benzene rings is 2. The van der Waals surface area contributed by atoms with Gasteiger partial charge in [-0.05, 0) is 53.9 Å². The first kappa shape index (κ1) is 34.9. The van der Waals surface area contributed by atoms with Crippen LogP contribution in [-0.4, -0.2) is 88.9 Å². The number of nitrogens with zero attached hydrogens (tertiary/aromatic N) is 3. The Hall–Kier alpha value is -5.39. The van der Waals surface area contributed by atoms with E-state index in [-0.39, 0.29) is 11.8 Å². The lowest BCUT2D eigenvalue weighted by molar-refractivity contribution is -0.193. The van der Waals surface area contributed by atoms with Crippen LogP contribution in [0.2, 0.25) is 0 Å². The molecule has 0 bridgehead atoms. The molecule has 49 heavy (non-hydrogen) atoms. The number of nitrogens with one attached hydrogen (secondary N) is 3. The lowest BCUT2D eigenvalue weighted by atomic mass is 9.91. The largest absolute Gasteiger partial charge is 0.497 e. The van der Waals surface area contributed by atoms with E-state index in [9.17, 15) is 31.1 Å². The van der Waals surface area contributed by atoms with Gasteiger partial charge in [0.05, 0.1) is 18.0 Å². The number of aliphatic carboxylic acids is 2. The van der Waals surface area contributed by atoms with Crippen LogP contribution < -0.4 is 20.3 Å². The van der Waals surface area contributed by atoms with Crippen molar-refractivity contribution in [1.29, 1.82) is 0 Å². The molecule has 2 aromatic carbocycles. The fourth-order valence-corrected chi connectivity index (χ4v) is 5.78. The summed E-state index contributed by atoms with van der Waals surface area (Å²) in [6, 6.07) is 16.4. The molecule has 12 nitrogen and oxygen atoms in total. The molecule has 260 valence electrons. The fourth-order valence-electron chi connectivity index (χ4n) is 5.78. The Morgan fingerprint density at radius 2 is 1.61 bits per heavy atom. The maximum Gasteiger partial charge on any atom is 0.490 e. The highest BCUT2D eigenvalue weighted by atomic mass is 19.4. The zero-order valence-corrected chi connectivity index (χ0v) is 25.4. The number of hydrogen-bond donors (Lipinski definition) is 5. The number of H-pyrrole nitrogens is 1. The molecule has 1 aliphatic carbocycles. The molecular weight excluding hydrogens is 666 g/mol. The van der Waals surface area contributed by atoms with Crippen molar-refractivity contribution in [2.45, 2.75) is 30.1 Å². The molecule has 2 fully saturated rings. The van der Waals surface area contributed by atoms with E-state index in [2.05, 4.69) is 56.1 Å². The number of hydrogen-bond acceptors (Lipinski definition) is 8. The summed E-state index contributed by atoms with van der Waals surface area (Å²) in [5.41, 5.74) is 5.41. The summed E-state index contributed by atoms with van der Waals surface area (Å²) in [4.78, 5) is 37.8. The molecule has 18 heteroatoms. The molecule has 0 radical (unpaired) electrons. The minimum absolute atomic E-state index is 0.0757. The summed E-state index contributed by atoms with van der Waals surface area (Å²) in [5, 5.41) is 29.5. The molecule has 0 unspecified atom stereocenters. The Labute approximate surface area is 273 Å². The van der Waals surface area contributed by atoms with E-state index in [4.69, 9.17) is 29.5 Å². The lowest BCUT2D eigenvalue weighted by Gasteiger charge is -2.28. The van der Waals surface area contributed by atoms with Gasteiger partial charge in [-0.2, -0.15) is 31.4 Å².